The molecule has 0 aromatic heterocycles. The fourth-order valence-electron chi connectivity index (χ4n) is 4.62. The van der Waals surface area contributed by atoms with E-state index in [-0.39, 0.29) is 44.5 Å². The van der Waals surface area contributed by atoms with Crippen LogP contribution in [0.5, 0.6) is 5.75 Å². The highest BCUT2D eigenvalue weighted by atomic mass is 127. The number of aliphatic hydroxyl groups excluding tert-OH is 2. The highest BCUT2D eigenvalue weighted by Crippen LogP contribution is 2.33. The zero-order valence-corrected chi connectivity index (χ0v) is 24.2. The zero-order chi connectivity index (χ0) is 27.2. The lowest BCUT2D eigenvalue weighted by atomic mass is 9.87. The van der Waals surface area contributed by atoms with E-state index in [0.717, 1.165) is 3.57 Å². The van der Waals surface area contributed by atoms with Crippen LogP contribution >= 0.6 is 45.8 Å². The summed E-state index contributed by atoms with van der Waals surface area (Å²) in [5.74, 6) is -0.414. The maximum Gasteiger partial charge on any atom is 0.247 e. The van der Waals surface area contributed by atoms with Gasteiger partial charge in [-0.25, -0.2) is 0 Å². The predicted octanol–water partition coefficient (Wildman–Crippen LogP) is 3.58. The first-order valence-corrected chi connectivity index (χ1v) is 14.1. The van der Waals surface area contributed by atoms with E-state index >= 15 is 0 Å². The SMILES string of the molecule is O=C(NCCO)C1=CC(Oc2ccccc2I)C(O)C(N(Cc2ccc(Cl)cc2Cl)C(=O)C2CCOC2)C1. The molecule has 1 fully saturated rings. The van der Waals surface area contributed by atoms with E-state index in [1.165, 1.54) is 0 Å². The smallest absolute Gasteiger partial charge is 0.247 e. The van der Waals surface area contributed by atoms with Crippen molar-refractivity contribution in [2.24, 2.45) is 5.92 Å². The first-order valence-electron chi connectivity index (χ1n) is 12.3. The Morgan fingerprint density at radius 2 is 2.00 bits per heavy atom. The number of carbonyl (C=O) groups excluding carboxylic acids is 2. The molecule has 2 aromatic rings. The van der Waals surface area contributed by atoms with Gasteiger partial charge in [0.25, 0.3) is 0 Å². The predicted molar refractivity (Wildman–Crippen MR) is 152 cm³/mol. The summed E-state index contributed by atoms with van der Waals surface area (Å²) in [5, 5.41) is 24.3. The molecule has 4 unspecified atom stereocenters. The number of carbonyl (C=O) groups is 2. The number of nitrogens with one attached hydrogen (secondary N) is 1. The molecule has 1 aliphatic carbocycles. The Morgan fingerprint density at radius 1 is 1.21 bits per heavy atom. The van der Waals surface area contributed by atoms with Gasteiger partial charge in [0.2, 0.25) is 11.8 Å². The summed E-state index contributed by atoms with van der Waals surface area (Å²) in [5.41, 5.74) is 1.01. The van der Waals surface area contributed by atoms with Crippen molar-refractivity contribution in [3.63, 3.8) is 0 Å². The first kappa shape index (κ1) is 29.1. The van der Waals surface area contributed by atoms with Crippen LogP contribution in [-0.2, 0) is 20.9 Å². The average molecular weight is 675 g/mol. The summed E-state index contributed by atoms with van der Waals surface area (Å²) in [6.07, 6.45) is 0.199. The number of hydrogen-bond acceptors (Lipinski definition) is 6. The topological polar surface area (TPSA) is 108 Å². The Kier molecular flexibility index (Phi) is 10.3. The molecule has 1 heterocycles. The first-order chi connectivity index (χ1) is 18.3. The van der Waals surface area contributed by atoms with Gasteiger partial charge in [0.15, 0.2) is 0 Å². The fraction of sp³-hybridized carbons (Fsp3) is 0.407. The van der Waals surface area contributed by atoms with Gasteiger partial charge in [0, 0.05) is 41.7 Å². The van der Waals surface area contributed by atoms with Crippen LogP contribution in [0.25, 0.3) is 0 Å². The summed E-state index contributed by atoms with van der Waals surface area (Å²) in [6, 6.07) is 11.6. The number of aliphatic hydroxyl groups is 2. The molecule has 38 heavy (non-hydrogen) atoms. The molecule has 3 N–H and O–H groups in total. The number of hydrogen-bond donors (Lipinski definition) is 3. The largest absolute Gasteiger partial charge is 0.482 e. The van der Waals surface area contributed by atoms with E-state index in [9.17, 15) is 19.8 Å². The molecule has 0 bridgehead atoms. The molecule has 8 nitrogen and oxygen atoms in total. The maximum absolute atomic E-state index is 13.8. The molecule has 0 spiro atoms. The van der Waals surface area contributed by atoms with Crippen LogP contribution in [0.15, 0.2) is 54.1 Å². The van der Waals surface area contributed by atoms with Crippen molar-refractivity contribution in [1.82, 2.24) is 10.2 Å². The van der Waals surface area contributed by atoms with Gasteiger partial charge in [-0.3, -0.25) is 9.59 Å². The fourth-order valence-corrected chi connectivity index (χ4v) is 5.61. The minimum atomic E-state index is -1.14. The molecular formula is C27H29Cl2IN2O6. The average Bonchev–Trinajstić information content (AvgIpc) is 3.44. The quantitative estimate of drug-likeness (QED) is 0.351. The van der Waals surface area contributed by atoms with Crippen molar-refractivity contribution in [2.75, 3.05) is 26.4 Å². The molecule has 2 aliphatic rings. The van der Waals surface area contributed by atoms with E-state index in [2.05, 4.69) is 27.9 Å². The molecule has 204 valence electrons. The standard InChI is InChI=1S/C27H29Cl2IN2O6/c28-19-6-5-16(20(29)13-19)14-32(27(36)17-7-10-37-15-17)22-11-18(26(35)31-8-9-33)12-24(25(22)34)38-23-4-2-1-3-21(23)30/h1-6,12-13,17,22,24-25,33-34H,7-11,14-15H2,(H,31,35). The van der Waals surface area contributed by atoms with E-state index in [1.807, 2.05) is 18.2 Å². The number of benzene rings is 2. The Hall–Kier alpha value is -1.89. The monoisotopic (exact) mass is 674 g/mol. The summed E-state index contributed by atoms with van der Waals surface area (Å²) in [4.78, 5) is 28.4. The number of para-hydroxylation sites is 1. The molecular weight excluding hydrogens is 646 g/mol. The Bertz CT molecular complexity index is 1190. The van der Waals surface area contributed by atoms with Crippen LogP contribution in [0.3, 0.4) is 0 Å². The summed E-state index contributed by atoms with van der Waals surface area (Å²) in [6.45, 7) is 0.733. The van der Waals surface area contributed by atoms with Crippen LogP contribution in [0.4, 0.5) is 0 Å². The van der Waals surface area contributed by atoms with E-state index in [1.54, 1.807) is 35.2 Å². The number of amides is 2. The Morgan fingerprint density at radius 3 is 2.68 bits per heavy atom. The molecule has 0 saturated carbocycles. The lowest BCUT2D eigenvalue weighted by Gasteiger charge is -2.41. The second kappa shape index (κ2) is 13.5. The van der Waals surface area contributed by atoms with Gasteiger partial charge in [-0.1, -0.05) is 41.4 Å². The van der Waals surface area contributed by atoms with Crippen LogP contribution in [0, 0.1) is 9.49 Å². The maximum atomic E-state index is 13.8. The van der Waals surface area contributed by atoms with E-state index in [4.69, 9.17) is 32.7 Å². The minimum absolute atomic E-state index is 0.0773. The van der Waals surface area contributed by atoms with Crippen molar-refractivity contribution >= 4 is 57.6 Å². The Labute approximate surface area is 245 Å². The van der Waals surface area contributed by atoms with E-state index < -0.39 is 24.2 Å². The normalized spacial score (nSPS) is 23.0. The molecule has 0 radical (unpaired) electrons. The molecule has 4 rings (SSSR count). The van der Waals surface area contributed by atoms with Gasteiger partial charge in [-0.15, -0.1) is 0 Å². The van der Waals surface area contributed by atoms with Gasteiger partial charge in [-0.2, -0.15) is 0 Å². The summed E-state index contributed by atoms with van der Waals surface area (Å²) in [7, 11) is 0. The van der Waals surface area contributed by atoms with Crippen molar-refractivity contribution in [1.29, 1.82) is 0 Å². The van der Waals surface area contributed by atoms with Crippen LogP contribution in [-0.4, -0.2) is 71.5 Å². The number of nitrogens with zero attached hydrogens (tertiary/aromatic N) is 1. The van der Waals surface area contributed by atoms with Crippen LogP contribution in [0.2, 0.25) is 10.0 Å². The number of halogens is 3. The lowest BCUT2D eigenvalue weighted by Crippen LogP contribution is -2.56. The summed E-state index contributed by atoms with van der Waals surface area (Å²) >= 11 is 14.7. The van der Waals surface area contributed by atoms with Crippen molar-refractivity contribution in [3.05, 3.63) is 73.3 Å². The molecule has 2 aromatic carbocycles. The molecule has 1 aliphatic heterocycles. The number of rotatable bonds is 9. The molecule has 11 heteroatoms. The van der Waals surface area contributed by atoms with Crippen molar-refractivity contribution in [3.8, 4) is 5.75 Å². The van der Waals surface area contributed by atoms with Gasteiger partial charge < -0.3 is 29.9 Å². The van der Waals surface area contributed by atoms with Gasteiger partial charge in [0.1, 0.15) is 18.0 Å². The van der Waals surface area contributed by atoms with Crippen LogP contribution in [0.1, 0.15) is 18.4 Å². The molecule has 2 amide bonds. The van der Waals surface area contributed by atoms with Crippen LogP contribution < -0.4 is 10.1 Å². The Balaban J connectivity index is 1.70. The second-order valence-electron chi connectivity index (χ2n) is 9.21. The highest BCUT2D eigenvalue weighted by Gasteiger charge is 2.42. The second-order valence-corrected chi connectivity index (χ2v) is 11.2. The lowest BCUT2D eigenvalue weighted by molar-refractivity contribution is -0.143. The zero-order valence-electron chi connectivity index (χ0n) is 20.5. The third-order valence-electron chi connectivity index (χ3n) is 6.63. The summed E-state index contributed by atoms with van der Waals surface area (Å²) < 4.78 is 12.5. The van der Waals surface area contributed by atoms with Gasteiger partial charge in [0.05, 0.1) is 28.7 Å². The molecule has 4 atom stereocenters. The third-order valence-corrected chi connectivity index (χ3v) is 8.11. The van der Waals surface area contributed by atoms with E-state index in [0.29, 0.717) is 40.0 Å². The third kappa shape index (κ3) is 7.00. The van der Waals surface area contributed by atoms with Gasteiger partial charge >= 0.3 is 0 Å². The minimum Gasteiger partial charge on any atom is -0.482 e. The molecule has 1 saturated heterocycles. The van der Waals surface area contributed by atoms with Crippen molar-refractivity contribution in [2.45, 2.75) is 37.6 Å². The number of ether oxygens (including phenoxy) is 2. The highest BCUT2D eigenvalue weighted by molar-refractivity contribution is 14.1. The van der Waals surface area contributed by atoms with Crippen molar-refractivity contribution < 1.29 is 29.3 Å². The van der Waals surface area contributed by atoms with Gasteiger partial charge in [-0.05, 0) is 64.9 Å².